The van der Waals surface area contributed by atoms with Crippen molar-refractivity contribution in [3.8, 4) is 0 Å². The first-order valence-electron chi connectivity index (χ1n) is 15.0. The number of unbranched alkanes of at least 4 members (excludes halogenated alkanes) is 16. The number of benzene rings is 1. The highest BCUT2D eigenvalue weighted by atomic mass is 15.1. The number of aryl methyl sites for hydroxylation is 2. The lowest BCUT2D eigenvalue weighted by Crippen LogP contribution is -2.37. The third-order valence-corrected chi connectivity index (χ3v) is 7.30. The molecule has 0 bridgehead atoms. The van der Waals surface area contributed by atoms with E-state index in [-0.39, 0.29) is 0 Å². The average molecular weight is 468 g/mol. The van der Waals surface area contributed by atoms with Gasteiger partial charge < -0.3 is 0 Å². The molecule has 192 valence electrons. The second-order valence-electron chi connectivity index (χ2n) is 10.4. The van der Waals surface area contributed by atoms with E-state index in [2.05, 4.69) is 65.7 Å². The Morgan fingerprint density at radius 3 is 1.65 bits per heavy atom. The minimum Gasteiger partial charge on any atom is -0.234 e. The summed E-state index contributed by atoms with van der Waals surface area (Å²) in [6.45, 7) is 6.94. The average Bonchev–Trinajstić information content (AvgIpc) is 3.23. The highest BCUT2D eigenvalue weighted by molar-refractivity contribution is 5.18. The minimum atomic E-state index is 1.04. The molecule has 2 nitrogen and oxygen atoms in total. The first kappa shape index (κ1) is 28.7. The Balaban J connectivity index is 1.72. The van der Waals surface area contributed by atoms with E-state index in [1.54, 1.807) is 0 Å². The standard InChI is InChI=1S/C32H55N2/c1-3-5-7-9-11-12-13-14-16-18-23-27-34-29-28-33(26-22-17-15-10-8-6-4-2)32(34)30-31-24-20-19-21-25-31/h19-21,24-25,28-29H,3-18,22-23,26-27,30H2,1-2H3/q+1. The zero-order valence-electron chi connectivity index (χ0n) is 22.8. The second kappa shape index (κ2) is 19.7. The molecule has 1 aromatic heterocycles. The molecule has 0 aliphatic rings. The summed E-state index contributed by atoms with van der Waals surface area (Å²) in [5, 5.41) is 0. The number of nitrogens with zero attached hydrogens (tertiary/aromatic N) is 2. The van der Waals surface area contributed by atoms with E-state index in [0.717, 1.165) is 6.42 Å². The Morgan fingerprint density at radius 1 is 0.588 bits per heavy atom. The van der Waals surface area contributed by atoms with Crippen molar-refractivity contribution in [2.45, 2.75) is 149 Å². The van der Waals surface area contributed by atoms with Gasteiger partial charge in [0.2, 0.25) is 0 Å². The summed E-state index contributed by atoms with van der Waals surface area (Å²) in [5.74, 6) is 1.49. The van der Waals surface area contributed by atoms with Gasteiger partial charge in [0.05, 0.1) is 19.5 Å². The van der Waals surface area contributed by atoms with Crippen LogP contribution in [0.1, 0.15) is 141 Å². The molecule has 2 heteroatoms. The Hall–Kier alpha value is -1.57. The Kier molecular flexibility index (Phi) is 16.6. The van der Waals surface area contributed by atoms with Crippen LogP contribution < -0.4 is 4.57 Å². The Bertz CT molecular complexity index is 703. The zero-order chi connectivity index (χ0) is 24.1. The molecular weight excluding hydrogens is 412 g/mol. The summed E-state index contributed by atoms with van der Waals surface area (Å²) >= 11 is 0. The van der Waals surface area contributed by atoms with Crippen LogP contribution in [-0.4, -0.2) is 4.57 Å². The molecule has 1 heterocycles. The van der Waals surface area contributed by atoms with Gasteiger partial charge in [0.1, 0.15) is 12.4 Å². The van der Waals surface area contributed by atoms with Crippen molar-refractivity contribution < 1.29 is 4.57 Å². The molecule has 2 aromatic rings. The van der Waals surface area contributed by atoms with Crippen molar-refractivity contribution in [3.05, 3.63) is 54.1 Å². The lowest BCUT2D eigenvalue weighted by atomic mass is 10.1. The van der Waals surface area contributed by atoms with E-state index in [9.17, 15) is 0 Å². The fraction of sp³-hybridized carbons (Fsp3) is 0.719. The monoisotopic (exact) mass is 467 g/mol. The van der Waals surface area contributed by atoms with Crippen LogP contribution in [0.3, 0.4) is 0 Å². The minimum absolute atomic E-state index is 1.04. The van der Waals surface area contributed by atoms with Gasteiger partial charge in [0.25, 0.3) is 5.82 Å². The smallest absolute Gasteiger partial charge is 0.234 e. The van der Waals surface area contributed by atoms with Gasteiger partial charge in [0.15, 0.2) is 0 Å². The van der Waals surface area contributed by atoms with Crippen molar-refractivity contribution in [2.75, 3.05) is 0 Å². The van der Waals surface area contributed by atoms with Gasteiger partial charge in [0, 0.05) is 0 Å². The number of hydrogen-bond acceptors (Lipinski definition) is 0. The SMILES string of the molecule is CCCCCCCCCCCCCn1cc[n+](CCCCCCCCC)c1Cc1ccccc1. The molecule has 0 aliphatic carbocycles. The van der Waals surface area contributed by atoms with Crippen LogP contribution in [0.15, 0.2) is 42.7 Å². The normalized spacial score (nSPS) is 11.4. The zero-order valence-corrected chi connectivity index (χ0v) is 22.8. The van der Waals surface area contributed by atoms with Crippen molar-refractivity contribution in [1.29, 1.82) is 0 Å². The van der Waals surface area contributed by atoms with Gasteiger partial charge in [-0.15, -0.1) is 0 Å². The predicted molar refractivity (Wildman–Crippen MR) is 148 cm³/mol. The molecule has 0 radical (unpaired) electrons. The summed E-state index contributed by atoms with van der Waals surface area (Å²) in [6, 6.07) is 11.0. The highest BCUT2D eigenvalue weighted by Crippen LogP contribution is 2.13. The van der Waals surface area contributed by atoms with Crippen LogP contribution >= 0.6 is 0 Å². The molecule has 0 unspecified atom stereocenters. The summed E-state index contributed by atoms with van der Waals surface area (Å²) in [7, 11) is 0. The van der Waals surface area contributed by atoms with Gasteiger partial charge in [-0.05, 0) is 31.2 Å². The third kappa shape index (κ3) is 12.8. The van der Waals surface area contributed by atoms with Crippen LogP contribution in [0.5, 0.6) is 0 Å². The Morgan fingerprint density at radius 2 is 1.09 bits per heavy atom. The van der Waals surface area contributed by atoms with E-state index in [4.69, 9.17) is 0 Å². The number of aromatic nitrogens is 2. The number of imidazole rings is 1. The van der Waals surface area contributed by atoms with Gasteiger partial charge in [-0.2, -0.15) is 0 Å². The maximum absolute atomic E-state index is 2.54. The quantitative estimate of drug-likeness (QED) is 0.120. The third-order valence-electron chi connectivity index (χ3n) is 7.30. The van der Waals surface area contributed by atoms with E-state index in [1.165, 1.54) is 140 Å². The van der Waals surface area contributed by atoms with Crippen LogP contribution in [-0.2, 0) is 19.5 Å². The maximum atomic E-state index is 2.54. The molecule has 1 aromatic carbocycles. The number of hydrogen-bond donors (Lipinski definition) is 0. The second-order valence-corrected chi connectivity index (χ2v) is 10.4. The topological polar surface area (TPSA) is 8.81 Å². The first-order valence-corrected chi connectivity index (χ1v) is 15.0. The summed E-state index contributed by atoms with van der Waals surface area (Å²) in [5.41, 5.74) is 1.43. The molecule has 2 rings (SSSR count). The van der Waals surface area contributed by atoms with Gasteiger partial charge in [-0.3, -0.25) is 0 Å². The predicted octanol–water partition coefficient (Wildman–Crippen LogP) is 9.43. The van der Waals surface area contributed by atoms with E-state index in [0.29, 0.717) is 0 Å². The van der Waals surface area contributed by atoms with Crippen molar-refractivity contribution in [2.24, 2.45) is 0 Å². The van der Waals surface area contributed by atoms with Crippen LogP contribution in [0.2, 0.25) is 0 Å². The molecule has 0 amide bonds. The summed E-state index contributed by atoms with van der Waals surface area (Å²) < 4.78 is 5.08. The maximum Gasteiger partial charge on any atom is 0.260 e. The van der Waals surface area contributed by atoms with Gasteiger partial charge >= 0.3 is 0 Å². The van der Waals surface area contributed by atoms with Crippen molar-refractivity contribution >= 4 is 0 Å². The lowest BCUT2D eigenvalue weighted by Gasteiger charge is -2.07. The van der Waals surface area contributed by atoms with Gasteiger partial charge in [-0.25, -0.2) is 9.13 Å². The molecular formula is C32H55N2+. The summed E-state index contributed by atoms with van der Waals surface area (Å²) in [6.07, 6.45) is 30.9. The van der Waals surface area contributed by atoms with Crippen LogP contribution in [0, 0.1) is 0 Å². The molecule has 0 N–H and O–H groups in total. The van der Waals surface area contributed by atoms with Crippen LogP contribution in [0.4, 0.5) is 0 Å². The van der Waals surface area contributed by atoms with Gasteiger partial charge in [-0.1, -0.05) is 134 Å². The van der Waals surface area contributed by atoms with Crippen LogP contribution in [0.25, 0.3) is 0 Å². The van der Waals surface area contributed by atoms with E-state index >= 15 is 0 Å². The molecule has 0 spiro atoms. The largest absolute Gasteiger partial charge is 0.260 e. The Labute approximate surface area is 212 Å². The fourth-order valence-electron chi connectivity index (χ4n) is 5.07. The molecule has 0 saturated carbocycles. The summed E-state index contributed by atoms with van der Waals surface area (Å²) in [4.78, 5) is 0. The molecule has 34 heavy (non-hydrogen) atoms. The fourth-order valence-corrected chi connectivity index (χ4v) is 5.07. The molecule has 0 saturated heterocycles. The van der Waals surface area contributed by atoms with E-state index in [1.807, 2.05) is 0 Å². The first-order chi connectivity index (χ1) is 16.8. The number of rotatable bonds is 22. The molecule has 0 atom stereocenters. The van der Waals surface area contributed by atoms with E-state index < -0.39 is 0 Å². The highest BCUT2D eigenvalue weighted by Gasteiger charge is 2.17. The molecule has 0 aliphatic heterocycles. The molecule has 0 fully saturated rings. The lowest BCUT2D eigenvalue weighted by molar-refractivity contribution is -0.703. The van der Waals surface area contributed by atoms with Crippen molar-refractivity contribution in [1.82, 2.24) is 4.57 Å². The van der Waals surface area contributed by atoms with Crippen molar-refractivity contribution in [3.63, 3.8) is 0 Å².